The van der Waals surface area contributed by atoms with E-state index in [0.29, 0.717) is 37.6 Å². The van der Waals surface area contributed by atoms with Crippen LogP contribution in [0.4, 0.5) is 5.69 Å². The minimum Gasteiger partial charge on any atom is -0.490 e. The summed E-state index contributed by atoms with van der Waals surface area (Å²) in [7, 11) is 0. The first-order chi connectivity index (χ1) is 15.1. The van der Waals surface area contributed by atoms with E-state index in [4.69, 9.17) is 9.47 Å². The van der Waals surface area contributed by atoms with E-state index in [1.807, 2.05) is 13.0 Å². The van der Waals surface area contributed by atoms with E-state index in [2.05, 4.69) is 22.8 Å². The smallest absolute Gasteiger partial charge is 0.279 e. The normalized spacial score (nSPS) is 20.0. The van der Waals surface area contributed by atoms with Gasteiger partial charge in [-0.3, -0.25) is 9.59 Å². The molecule has 0 saturated carbocycles. The van der Waals surface area contributed by atoms with E-state index in [-0.39, 0.29) is 17.9 Å². The van der Waals surface area contributed by atoms with Crippen LogP contribution in [0.15, 0.2) is 42.5 Å². The predicted octanol–water partition coefficient (Wildman–Crippen LogP) is 1.96. The number of nitrogens with one attached hydrogen (secondary N) is 3. The summed E-state index contributed by atoms with van der Waals surface area (Å²) in [5.74, 6) is 1.40. The Hall–Kier alpha value is -3.06. The molecule has 1 unspecified atom stereocenters. The molecular formula is C24H30N3O4+. The van der Waals surface area contributed by atoms with Gasteiger partial charge in [0.1, 0.15) is 6.04 Å². The standard InChI is InChI=1S/C24H29N3O4/c1-2-25-24(29)18-6-3-7-19(14-18)26-23(28)16-27-11-4-8-20(27)17-9-10-21-22(15-17)31-13-5-12-30-21/h3,6-7,9-10,14-15,20H,2,4-5,8,11-13,16H2,1H3,(H,25,29)(H,26,28)/p+1/t20-/m1/s1. The fourth-order valence-electron chi connectivity index (χ4n) is 4.33. The lowest BCUT2D eigenvalue weighted by molar-refractivity contribution is -0.910. The number of amides is 2. The molecule has 2 aliphatic heterocycles. The molecule has 31 heavy (non-hydrogen) atoms. The molecule has 2 aromatic carbocycles. The number of fused-ring (bicyclic) bond motifs is 1. The Morgan fingerprint density at radius 3 is 2.74 bits per heavy atom. The van der Waals surface area contributed by atoms with Crippen LogP contribution in [0.1, 0.15) is 48.1 Å². The van der Waals surface area contributed by atoms with Gasteiger partial charge in [-0.25, -0.2) is 0 Å². The van der Waals surface area contributed by atoms with Crippen molar-refractivity contribution in [1.29, 1.82) is 0 Å². The van der Waals surface area contributed by atoms with Crippen LogP contribution in [0, 0.1) is 0 Å². The summed E-state index contributed by atoms with van der Waals surface area (Å²) in [5, 5.41) is 5.73. The summed E-state index contributed by atoms with van der Waals surface area (Å²) < 4.78 is 11.6. The molecule has 0 aliphatic carbocycles. The molecule has 7 nitrogen and oxygen atoms in total. The molecule has 2 amide bonds. The van der Waals surface area contributed by atoms with Gasteiger partial charge in [-0.05, 0) is 43.3 Å². The Bertz CT molecular complexity index is 946. The number of benzene rings is 2. The van der Waals surface area contributed by atoms with Gasteiger partial charge in [0.05, 0.1) is 19.8 Å². The van der Waals surface area contributed by atoms with Crippen molar-refractivity contribution in [3.05, 3.63) is 53.6 Å². The van der Waals surface area contributed by atoms with Gasteiger partial charge in [0, 0.05) is 42.6 Å². The molecule has 2 aromatic rings. The predicted molar refractivity (Wildman–Crippen MR) is 118 cm³/mol. The Morgan fingerprint density at radius 2 is 1.90 bits per heavy atom. The lowest BCUT2D eigenvalue weighted by atomic mass is 10.0. The summed E-state index contributed by atoms with van der Waals surface area (Å²) in [4.78, 5) is 26.0. The molecule has 3 N–H and O–H groups in total. The van der Waals surface area contributed by atoms with Crippen molar-refractivity contribution in [1.82, 2.24) is 5.32 Å². The molecule has 0 aromatic heterocycles. The highest BCUT2D eigenvalue weighted by atomic mass is 16.5. The highest BCUT2D eigenvalue weighted by molar-refractivity contribution is 5.97. The molecule has 164 valence electrons. The molecule has 7 heteroatoms. The molecule has 0 bridgehead atoms. The SMILES string of the molecule is CCNC(=O)c1cccc(NC(=O)C[NH+]2CCC[C@@H]2c2ccc3c(c2)OCCCO3)c1. The van der Waals surface area contributed by atoms with Crippen LogP contribution in [-0.2, 0) is 4.79 Å². The zero-order valence-corrected chi connectivity index (χ0v) is 17.9. The number of quaternary nitrogens is 1. The first-order valence-electron chi connectivity index (χ1n) is 11.1. The number of anilines is 1. The Morgan fingerprint density at radius 1 is 1.06 bits per heavy atom. The topological polar surface area (TPSA) is 81.1 Å². The second-order valence-electron chi connectivity index (χ2n) is 8.02. The van der Waals surface area contributed by atoms with Gasteiger partial charge >= 0.3 is 0 Å². The fourth-order valence-corrected chi connectivity index (χ4v) is 4.33. The van der Waals surface area contributed by atoms with Crippen LogP contribution < -0.4 is 25.0 Å². The van der Waals surface area contributed by atoms with Gasteiger partial charge < -0.3 is 25.0 Å². The van der Waals surface area contributed by atoms with E-state index in [1.165, 1.54) is 10.5 Å². The number of rotatable bonds is 6. The third kappa shape index (κ3) is 5.17. The number of hydrogen-bond donors (Lipinski definition) is 3. The number of carbonyl (C=O) groups excluding carboxylic acids is 2. The highest BCUT2D eigenvalue weighted by Crippen LogP contribution is 2.33. The maximum Gasteiger partial charge on any atom is 0.279 e. The number of likely N-dealkylation sites (tertiary alicyclic amines) is 1. The van der Waals surface area contributed by atoms with Crippen LogP contribution in [0.5, 0.6) is 11.5 Å². The first-order valence-corrected chi connectivity index (χ1v) is 11.1. The van der Waals surface area contributed by atoms with Crippen LogP contribution in [0.2, 0.25) is 0 Å². The maximum atomic E-state index is 12.8. The molecule has 2 aliphatic rings. The highest BCUT2D eigenvalue weighted by Gasteiger charge is 2.32. The second-order valence-corrected chi connectivity index (χ2v) is 8.02. The zero-order valence-electron chi connectivity index (χ0n) is 17.9. The summed E-state index contributed by atoms with van der Waals surface area (Å²) in [6.45, 7) is 5.11. The second kappa shape index (κ2) is 9.83. The van der Waals surface area contributed by atoms with Gasteiger partial charge in [-0.2, -0.15) is 0 Å². The summed E-state index contributed by atoms with van der Waals surface area (Å²) in [6, 6.07) is 13.4. The van der Waals surface area contributed by atoms with Crippen molar-refractivity contribution in [3.8, 4) is 11.5 Å². The van der Waals surface area contributed by atoms with E-state index < -0.39 is 0 Å². The quantitative estimate of drug-likeness (QED) is 0.662. The Kier molecular flexibility index (Phi) is 6.72. The average molecular weight is 425 g/mol. The number of ether oxygens (including phenoxy) is 2. The molecular weight excluding hydrogens is 394 g/mol. The van der Waals surface area contributed by atoms with Crippen molar-refractivity contribution in [3.63, 3.8) is 0 Å². The van der Waals surface area contributed by atoms with Crippen LogP contribution in [0.3, 0.4) is 0 Å². The van der Waals surface area contributed by atoms with Crippen LogP contribution >= 0.6 is 0 Å². The van der Waals surface area contributed by atoms with Crippen LogP contribution in [-0.4, -0.2) is 44.7 Å². The Balaban J connectivity index is 1.41. The lowest BCUT2D eigenvalue weighted by Crippen LogP contribution is -3.11. The monoisotopic (exact) mass is 424 g/mol. The van der Waals surface area contributed by atoms with Crippen molar-refractivity contribution in [2.24, 2.45) is 0 Å². The molecule has 1 fully saturated rings. The third-order valence-electron chi connectivity index (χ3n) is 5.79. The van der Waals surface area contributed by atoms with Gasteiger partial charge in [0.15, 0.2) is 18.0 Å². The van der Waals surface area contributed by atoms with Gasteiger partial charge in [0.25, 0.3) is 11.8 Å². The summed E-state index contributed by atoms with van der Waals surface area (Å²) in [6.07, 6.45) is 3.00. The largest absolute Gasteiger partial charge is 0.490 e. The van der Waals surface area contributed by atoms with Crippen molar-refractivity contribution in [2.45, 2.75) is 32.2 Å². The molecule has 2 heterocycles. The maximum absolute atomic E-state index is 12.8. The lowest BCUT2D eigenvalue weighted by Gasteiger charge is -2.22. The zero-order chi connectivity index (χ0) is 21.6. The fraction of sp³-hybridized carbons (Fsp3) is 0.417. The summed E-state index contributed by atoms with van der Waals surface area (Å²) >= 11 is 0. The molecule has 1 saturated heterocycles. The molecule has 2 atom stereocenters. The van der Waals surface area contributed by atoms with E-state index in [0.717, 1.165) is 37.3 Å². The first kappa shape index (κ1) is 21.2. The van der Waals surface area contributed by atoms with Crippen molar-refractivity contribution < 1.29 is 24.0 Å². The van der Waals surface area contributed by atoms with Crippen molar-refractivity contribution >= 4 is 17.5 Å². The third-order valence-corrected chi connectivity index (χ3v) is 5.79. The average Bonchev–Trinajstić information content (AvgIpc) is 3.09. The van der Waals surface area contributed by atoms with E-state index >= 15 is 0 Å². The van der Waals surface area contributed by atoms with E-state index in [1.54, 1.807) is 24.3 Å². The van der Waals surface area contributed by atoms with Crippen LogP contribution in [0.25, 0.3) is 0 Å². The minimum atomic E-state index is -0.141. The number of hydrogen-bond acceptors (Lipinski definition) is 4. The van der Waals surface area contributed by atoms with Gasteiger partial charge in [0.2, 0.25) is 0 Å². The van der Waals surface area contributed by atoms with Gasteiger partial charge in [-0.15, -0.1) is 0 Å². The molecule has 0 radical (unpaired) electrons. The van der Waals surface area contributed by atoms with Gasteiger partial charge in [-0.1, -0.05) is 6.07 Å². The molecule has 4 rings (SSSR count). The summed E-state index contributed by atoms with van der Waals surface area (Å²) in [5.41, 5.74) is 2.36. The van der Waals surface area contributed by atoms with E-state index in [9.17, 15) is 9.59 Å². The Labute approximate surface area is 182 Å². The molecule has 0 spiro atoms. The van der Waals surface area contributed by atoms with Crippen molar-refractivity contribution in [2.75, 3.05) is 38.2 Å². The minimum absolute atomic E-state index is 0.0516. The number of carbonyl (C=O) groups is 2.